The number of imide groups is 1. The summed E-state index contributed by atoms with van der Waals surface area (Å²) >= 11 is 1.25. The molecule has 124 valence electrons. The highest BCUT2D eigenvalue weighted by Gasteiger charge is 2.56. The average Bonchev–Trinajstić information content (AvgIpc) is 3.00. The molecule has 24 heavy (non-hydrogen) atoms. The number of aromatic nitrogens is 4. The summed E-state index contributed by atoms with van der Waals surface area (Å²) in [5.41, 5.74) is -0.284. The van der Waals surface area contributed by atoms with Crippen molar-refractivity contribution in [2.75, 3.05) is 6.54 Å². The minimum Gasteiger partial charge on any atom is -0.348 e. The van der Waals surface area contributed by atoms with Gasteiger partial charge in [-0.15, -0.1) is 9.90 Å². The third kappa shape index (κ3) is 2.42. The van der Waals surface area contributed by atoms with Crippen LogP contribution in [0.15, 0.2) is 17.8 Å². The van der Waals surface area contributed by atoms with Crippen LogP contribution < -0.4 is 16.0 Å². The lowest BCUT2D eigenvalue weighted by atomic mass is 9.93. The average molecular weight is 347 g/mol. The molecule has 1 atom stereocenters. The van der Waals surface area contributed by atoms with E-state index in [4.69, 9.17) is 0 Å². The smallest absolute Gasteiger partial charge is 0.322 e. The molecule has 10 nitrogen and oxygen atoms in total. The fourth-order valence-electron chi connectivity index (χ4n) is 2.74. The van der Waals surface area contributed by atoms with Crippen LogP contribution in [0.4, 0.5) is 4.79 Å². The topological polar surface area (TPSA) is 131 Å². The maximum Gasteiger partial charge on any atom is 0.322 e. The molecular formula is C13H13N7O3S. The second-order valence-electron chi connectivity index (χ2n) is 5.74. The highest BCUT2D eigenvalue weighted by Crippen LogP contribution is 2.41. The van der Waals surface area contributed by atoms with Gasteiger partial charge in [-0.2, -0.15) is 9.47 Å². The quantitative estimate of drug-likeness (QED) is 0.622. The third-order valence-corrected chi connectivity index (χ3v) is 4.72. The van der Waals surface area contributed by atoms with Gasteiger partial charge in [-0.3, -0.25) is 14.9 Å². The zero-order chi connectivity index (χ0) is 16.7. The minimum atomic E-state index is -1.07. The SMILES string of the molecule is O=C1NC(=O)[C@](CNC(=O)c2cnn(-c3cnsc3)n2)(C2CC2)N1. The van der Waals surface area contributed by atoms with Gasteiger partial charge < -0.3 is 10.6 Å². The number of nitrogens with zero attached hydrogens (tertiary/aromatic N) is 4. The lowest BCUT2D eigenvalue weighted by Gasteiger charge is -2.25. The van der Waals surface area contributed by atoms with E-state index in [-0.39, 0.29) is 18.2 Å². The standard InChI is InChI=1S/C13H13N7O3S/c21-10(9-4-15-20(19-9)8-3-16-24-5-8)14-6-13(7-1-2-7)11(22)17-12(23)18-13/h3-5,7H,1-2,6H2,(H,14,21)(H2,17,18,22,23)/t13-/m0/s1. The summed E-state index contributed by atoms with van der Waals surface area (Å²) in [5, 5.41) is 17.4. The minimum absolute atomic E-state index is 0.0148. The molecule has 2 aromatic rings. The summed E-state index contributed by atoms with van der Waals surface area (Å²) < 4.78 is 3.95. The van der Waals surface area contributed by atoms with E-state index in [0.717, 1.165) is 12.8 Å². The van der Waals surface area contributed by atoms with E-state index in [1.54, 1.807) is 11.6 Å². The molecule has 1 aliphatic carbocycles. The van der Waals surface area contributed by atoms with Crippen molar-refractivity contribution in [3.8, 4) is 5.69 Å². The highest BCUT2D eigenvalue weighted by molar-refractivity contribution is 7.03. The van der Waals surface area contributed by atoms with E-state index in [2.05, 4.69) is 30.5 Å². The summed E-state index contributed by atoms with van der Waals surface area (Å²) in [6, 6.07) is -0.531. The number of carbonyl (C=O) groups is 3. The van der Waals surface area contributed by atoms with Crippen LogP contribution in [0.25, 0.3) is 5.69 Å². The second kappa shape index (κ2) is 5.37. The monoisotopic (exact) mass is 347 g/mol. The predicted molar refractivity (Wildman–Crippen MR) is 81.5 cm³/mol. The van der Waals surface area contributed by atoms with Crippen LogP contribution in [0.5, 0.6) is 0 Å². The van der Waals surface area contributed by atoms with E-state index in [1.165, 1.54) is 22.5 Å². The van der Waals surface area contributed by atoms with Crippen molar-refractivity contribution in [3.63, 3.8) is 0 Å². The lowest BCUT2D eigenvalue weighted by Crippen LogP contribution is -2.57. The first-order valence-electron chi connectivity index (χ1n) is 7.32. The molecule has 3 N–H and O–H groups in total. The van der Waals surface area contributed by atoms with Crippen molar-refractivity contribution in [3.05, 3.63) is 23.5 Å². The Morgan fingerprint density at radius 2 is 2.25 bits per heavy atom. The second-order valence-corrected chi connectivity index (χ2v) is 6.40. The van der Waals surface area contributed by atoms with Gasteiger partial charge >= 0.3 is 6.03 Å². The molecule has 0 spiro atoms. The van der Waals surface area contributed by atoms with Gasteiger partial charge in [0.1, 0.15) is 11.2 Å². The Morgan fingerprint density at radius 1 is 1.42 bits per heavy atom. The molecule has 2 aliphatic rings. The highest BCUT2D eigenvalue weighted by atomic mass is 32.1. The molecule has 3 heterocycles. The summed E-state index contributed by atoms with van der Waals surface area (Å²) in [6.45, 7) is 0.0148. The van der Waals surface area contributed by atoms with Gasteiger partial charge in [0.2, 0.25) is 0 Å². The van der Waals surface area contributed by atoms with Crippen molar-refractivity contribution in [1.82, 2.24) is 35.3 Å². The van der Waals surface area contributed by atoms with Crippen LogP contribution in [-0.4, -0.2) is 49.3 Å². The molecule has 0 radical (unpaired) electrons. The van der Waals surface area contributed by atoms with Crippen LogP contribution in [0.1, 0.15) is 23.3 Å². The molecule has 0 bridgehead atoms. The first-order chi connectivity index (χ1) is 11.6. The summed E-state index contributed by atoms with van der Waals surface area (Å²) in [5.74, 6) is -0.821. The lowest BCUT2D eigenvalue weighted by molar-refractivity contribution is -0.124. The molecule has 4 amide bonds. The van der Waals surface area contributed by atoms with Crippen molar-refractivity contribution < 1.29 is 14.4 Å². The van der Waals surface area contributed by atoms with E-state index in [0.29, 0.717) is 5.69 Å². The summed E-state index contributed by atoms with van der Waals surface area (Å²) in [7, 11) is 0. The van der Waals surface area contributed by atoms with Gasteiger partial charge in [0.25, 0.3) is 11.8 Å². The van der Waals surface area contributed by atoms with Gasteiger partial charge in [-0.25, -0.2) is 4.79 Å². The van der Waals surface area contributed by atoms with E-state index < -0.39 is 23.4 Å². The normalized spacial score (nSPS) is 23.0. The first kappa shape index (κ1) is 14.8. The van der Waals surface area contributed by atoms with Gasteiger partial charge in [0, 0.05) is 5.38 Å². The van der Waals surface area contributed by atoms with E-state index in [9.17, 15) is 14.4 Å². The van der Waals surface area contributed by atoms with Gasteiger partial charge in [-0.05, 0) is 30.3 Å². The van der Waals surface area contributed by atoms with Crippen LogP contribution in [0.3, 0.4) is 0 Å². The van der Waals surface area contributed by atoms with E-state index in [1.807, 2.05) is 0 Å². The molecule has 0 unspecified atom stereocenters. The number of nitrogens with one attached hydrogen (secondary N) is 3. The molecule has 4 rings (SSSR count). The van der Waals surface area contributed by atoms with Gasteiger partial charge in [0.05, 0.1) is 18.9 Å². The fourth-order valence-corrected chi connectivity index (χ4v) is 3.23. The zero-order valence-corrected chi connectivity index (χ0v) is 13.2. The Labute approximate surface area is 139 Å². The van der Waals surface area contributed by atoms with Crippen LogP contribution >= 0.6 is 11.5 Å². The zero-order valence-electron chi connectivity index (χ0n) is 12.4. The van der Waals surface area contributed by atoms with Crippen molar-refractivity contribution in [1.29, 1.82) is 0 Å². The first-order valence-corrected chi connectivity index (χ1v) is 8.16. The molecule has 11 heteroatoms. The molecule has 1 saturated heterocycles. The Hall–Kier alpha value is -2.82. The maximum absolute atomic E-state index is 12.3. The Balaban J connectivity index is 1.46. The number of amides is 4. The Bertz CT molecular complexity index is 813. The van der Waals surface area contributed by atoms with Gasteiger partial charge in [0.15, 0.2) is 5.69 Å². The maximum atomic E-state index is 12.3. The molecule has 2 fully saturated rings. The van der Waals surface area contributed by atoms with Crippen molar-refractivity contribution >= 4 is 29.4 Å². The largest absolute Gasteiger partial charge is 0.348 e. The molecular weight excluding hydrogens is 334 g/mol. The number of hydrogen-bond acceptors (Lipinski definition) is 7. The third-order valence-electron chi connectivity index (χ3n) is 4.15. The van der Waals surface area contributed by atoms with Crippen LogP contribution in [0, 0.1) is 5.92 Å². The number of hydrogen-bond donors (Lipinski definition) is 3. The van der Waals surface area contributed by atoms with Crippen LogP contribution in [0.2, 0.25) is 0 Å². The molecule has 2 aromatic heterocycles. The fraction of sp³-hybridized carbons (Fsp3) is 0.385. The predicted octanol–water partition coefficient (Wildman–Crippen LogP) is -0.558. The number of rotatable bonds is 5. The van der Waals surface area contributed by atoms with Crippen molar-refractivity contribution in [2.24, 2.45) is 5.92 Å². The van der Waals surface area contributed by atoms with Crippen LogP contribution in [-0.2, 0) is 4.79 Å². The van der Waals surface area contributed by atoms with E-state index >= 15 is 0 Å². The summed E-state index contributed by atoms with van der Waals surface area (Å²) in [6.07, 6.45) is 4.60. The molecule has 0 aromatic carbocycles. The Kier molecular flexibility index (Phi) is 3.30. The number of urea groups is 1. The van der Waals surface area contributed by atoms with Gasteiger partial charge in [-0.1, -0.05) is 0 Å². The number of carbonyl (C=O) groups excluding carboxylic acids is 3. The summed E-state index contributed by atoms with van der Waals surface area (Å²) in [4.78, 5) is 37.2. The Morgan fingerprint density at radius 3 is 2.88 bits per heavy atom. The van der Waals surface area contributed by atoms with Crippen molar-refractivity contribution in [2.45, 2.75) is 18.4 Å². The molecule has 1 saturated carbocycles. The molecule has 1 aliphatic heterocycles.